The molecule has 0 atom stereocenters. The molecule has 26 heavy (non-hydrogen) atoms. The molecular formula is C19H20F2N4O. The second-order valence-electron chi connectivity index (χ2n) is 6.80. The van der Waals surface area contributed by atoms with E-state index in [4.69, 9.17) is 6.57 Å². The molecule has 0 aliphatic carbocycles. The predicted molar refractivity (Wildman–Crippen MR) is 94.0 cm³/mol. The monoisotopic (exact) mass is 358 g/mol. The van der Waals surface area contributed by atoms with Crippen LogP contribution in [0.2, 0.25) is 0 Å². The summed E-state index contributed by atoms with van der Waals surface area (Å²) in [5.41, 5.74) is 2.12. The smallest absolute Gasteiger partial charge is 0.255 e. The molecule has 2 aromatic rings. The van der Waals surface area contributed by atoms with Crippen molar-refractivity contribution in [2.24, 2.45) is 0 Å². The summed E-state index contributed by atoms with van der Waals surface area (Å²) in [6, 6.07) is 6.62. The number of aromatic nitrogens is 2. The Morgan fingerprint density at radius 2 is 1.96 bits per heavy atom. The lowest BCUT2D eigenvalue weighted by Gasteiger charge is -2.32. The molecule has 0 unspecified atom stereocenters. The molecule has 1 aromatic carbocycles. The van der Waals surface area contributed by atoms with Gasteiger partial charge in [0.2, 0.25) is 0 Å². The second kappa shape index (κ2) is 6.87. The summed E-state index contributed by atoms with van der Waals surface area (Å²) >= 11 is 0. The summed E-state index contributed by atoms with van der Waals surface area (Å²) in [7, 11) is 0. The van der Waals surface area contributed by atoms with Gasteiger partial charge in [0.05, 0.1) is 23.5 Å². The van der Waals surface area contributed by atoms with E-state index in [2.05, 4.69) is 9.94 Å². The number of amides is 1. The van der Waals surface area contributed by atoms with Gasteiger partial charge in [-0.3, -0.25) is 4.79 Å². The van der Waals surface area contributed by atoms with E-state index in [1.165, 1.54) is 4.90 Å². The minimum Gasteiger partial charge on any atom is -0.338 e. The Hall–Kier alpha value is -2.75. The molecule has 1 aliphatic heterocycles. The van der Waals surface area contributed by atoms with Crippen LogP contribution in [0, 0.1) is 6.57 Å². The van der Waals surface area contributed by atoms with Crippen LogP contribution in [0.15, 0.2) is 30.5 Å². The van der Waals surface area contributed by atoms with Crippen molar-refractivity contribution in [1.82, 2.24) is 14.7 Å². The standard InChI is InChI=1S/C19H20F2N4O/c1-13(2)16-6-9-25(23-16)17-12-14(22-3)4-5-15(17)18(26)24-10-7-19(20,21)8-11-24/h4-6,9,12-13H,7-8,10-11H2,1-2H3. The molecule has 1 saturated heterocycles. The van der Waals surface area contributed by atoms with E-state index in [1.54, 1.807) is 29.1 Å². The highest BCUT2D eigenvalue weighted by molar-refractivity contribution is 5.98. The van der Waals surface area contributed by atoms with Crippen molar-refractivity contribution in [2.45, 2.75) is 38.5 Å². The SMILES string of the molecule is [C-]#[N+]c1ccc(C(=O)N2CCC(F)(F)CC2)c(-n2ccc(C(C)C)n2)c1. The molecule has 5 nitrogen and oxygen atoms in total. The molecule has 1 aliphatic rings. The lowest BCUT2D eigenvalue weighted by molar-refractivity contribution is -0.0494. The number of alkyl halides is 2. The van der Waals surface area contributed by atoms with Crippen molar-refractivity contribution in [3.63, 3.8) is 0 Å². The summed E-state index contributed by atoms with van der Waals surface area (Å²) in [5, 5.41) is 4.49. The van der Waals surface area contributed by atoms with Crippen LogP contribution in [0.25, 0.3) is 10.5 Å². The molecule has 136 valence electrons. The van der Waals surface area contributed by atoms with Crippen molar-refractivity contribution in [1.29, 1.82) is 0 Å². The molecule has 2 heterocycles. The normalized spacial score (nSPS) is 16.5. The first-order valence-corrected chi connectivity index (χ1v) is 8.55. The van der Waals surface area contributed by atoms with Gasteiger partial charge in [0.15, 0.2) is 5.69 Å². The highest BCUT2D eigenvalue weighted by atomic mass is 19.3. The molecule has 0 saturated carbocycles. The zero-order valence-electron chi connectivity index (χ0n) is 14.7. The molecule has 0 radical (unpaired) electrons. The van der Waals surface area contributed by atoms with Crippen molar-refractivity contribution in [2.75, 3.05) is 13.1 Å². The second-order valence-corrected chi connectivity index (χ2v) is 6.80. The topological polar surface area (TPSA) is 42.5 Å². The average molecular weight is 358 g/mol. The van der Waals surface area contributed by atoms with E-state index >= 15 is 0 Å². The number of benzene rings is 1. The number of carbonyl (C=O) groups excluding carboxylic acids is 1. The highest BCUT2D eigenvalue weighted by Crippen LogP contribution is 2.30. The van der Waals surface area contributed by atoms with Crippen molar-refractivity contribution < 1.29 is 13.6 Å². The van der Waals surface area contributed by atoms with Gasteiger partial charge in [0.25, 0.3) is 11.8 Å². The lowest BCUT2D eigenvalue weighted by Crippen LogP contribution is -2.43. The van der Waals surface area contributed by atoms with Crippen LogP contribution in [0.5, 0.6) is 0 Å². The maximum absolute atomic E-state index is 13.4. The van der Waals surface area contributed by atoms with Crippen molar-refractivity contribution in [3.05, 3.63) is 53.1 Å². The molecule has 1 fully saturated rings. The average Bonchev–Trinajstić information content (AvgIpc) is 3.11. The molecule has 1 amide bonds. The minimum atomic E-state index is -2.71. The number of hydrogen-bond acceptors (Lipinski definition) is 2. The molecule has 1 aromatic heterocycles. The van der Waals surface area contributed by atoms with E-state index in [9.17, 15) is 13.6 Å². The Morgan fingerprint density at radius 1 is 1.27 bits per heavy atom. The van der Waals surface area contributed by atoms with Crippen LogP contribution in [-0.4, -0.2) is 39.6 Å². The van der Waals surface area contributed by atoms with Gasteiger partial charge >= 0.3 is 0 Å². The van der Waals surface area contributed by atoms with Gasteiger partial charge in [-0.25, -0.2) is 18.3 Å². The van der Waals surface area contributed by atoms with Crippen LogP contribution in [0.4, 0.5) is 14.5 Å². The molecule has 0 bridgehead atoms. The number of nitrogens with zero attached hydrogens (tertiary/aromatic N) is 4. The molecule has 0 spiro atoms. The Labute approximate surface area is 151 Å². The zero-order chi connectivity index (χ0) is 18.9. The fraction of sp³-hybridized carbons (Fsp3) is 0.421. The van der Waals surface area contributed by atoms with Crippen molar-refractivity contribution >= 4 is 11.6 Å². The number of rotatable bonds is 3. The number of halogens is 2. The van der Waals surface area contributed by atoms with Gasteiger partial charge in [-0.2, -0.15) is 5.10 Å². The number of hydrogen-bond donors (Lipinski definition) is 0. The van der Waals surface area contributed by atoms with Crippen molar-refractivity contribution in [3.8, 4) is 5.69 Å². The van der Waals surface area contributed by atoms with Crippen LogP contribution >= 0.6 is 0 Å². The first-order valence-electron chi connectivity index (χ1n) is 8.55. The van der Waals surface area contributed by atoms with E-state index < -0.39 is 5.92 Å². The third-order valence-electron chi connectivity index (χ3n) is 4.57. The summed E-state index contributed by atoms with van der Waals surface area (Å²) in [5.74, 6) is -2.79. The molecular weight excluding hydrogens is 338 g/mol. The maximum atomic E-state index is 13.4. The first-order chi connectivity index (χ1) is 12.3. The highest BCUT2D eigenvalue weighted by Gasteiger charge is 2.36. The van der Waals surface area contributed by atoms with Gasteiger partial charge < -0.3 is 4.90 Å². The van der Waals surface area contributed by atoms with E-state index in [0.29, 0.717) is 16.9 Å². The third kappa shape index (κ3) is 3.59. The number of piperidine rings is 1. The number of likely N-dealkylation sites (tertiary alicyclic amines) is 1. The fourth-order valence-corrected chi connectivity index (χ4v) is 2.95. The quantitative estimate of drug-likeness (QED) is 0.763. The van der Waals surface area contributed by atoms with Gasteiger partial charge in [-0.1, -0.05) is 26.0 Å². The summed E-state index contributed by atoms with van der Waals surface area (Å²) in [6.07, 6.45) is 1.10. The fourth-order valence-electron chi connectivity index (χ4n) is 2.95. The summed E-state index contributed by atoms with van der Waals surface area (Å²) < 4.78 is 28.3. The lowest BCUT2D eigenvalue weighted by atomic mass is 10.0. The molecule has 7 heteroatoms. The van der Waals surface area contributed by atoms with E-state index in [0.717, 1.165) is 5.69 Å². The Balaban J connectivity index is 1.96. The molecule has 0 N–H and O–H groups in total. The Kier molecular flexibility index (Phi) is 4.77. The minimum absolute atomic E-state index is 0.0200. The van der Waals surface area contributed by atoms with Crippen LogP contribution in [0.3, 0.4) is 0 Å². The Bertz CT molecular complexity index is 857. The van der Waals surface area contributed by atoms with Crippen LogP contribution in [-0.2, 0) is 0 Å². The first kappa shape index (κ1) is 18.1. The third-order valence-corrected chi connectivity index (χ3v) is 4.57. The van der Waals surface area contributed by atoms with Gasteiger partial charge in [0, 0.05) is 32.1 Å². The largest absolute Gasteiger partial charge is 0.338 e. The van der Waals surface area contributed by atoms with E-state index in [1.807, 2.05) is 19.9 Å². The maximum Gasteiger partial charge on any atom is 0.255 e. The van der Waals surface area contributed by atoms with Gasteiger partial charge in [0.1, 0.15) is 0 Å². The Morgan fingerprint density at radius 3 is 2.54 bits per heavy atom. The van der Waals surface area contributed by atoms with E-state index in [-0.39, 0.29) is 37.8 Å². The van der Waals surface area contributed by atoms with Gasteiger partial charge in [-0.15, -0.1) is 0 Å². The molecule has 3 rings (SSSR count). The summed E-state index contributed by atoms with van der Waals surface area (Å²) in [4.78, 5) is 17.8. The van der Waals surface area contributed by atoms with Crippen LogP contribution in [0.1, 0.15) is 48.7 Å². The number of carbonyl (C=O) groups is 1. The predicted octanol–water partition coefficient (Wildman–Crippen LogP) is 4.42. The summed E-state index contributed by atoms with van der Waals surface area (Å²) in [6.45, 7) is 11.3. The zero-order valence-corrected chi connectivity index (χ0v) is 14.7. The van der Waals surface area contributed by atoms with Gasteiger partial charge in [-0.05, 0) is 18.1 Å². The van der Waals surface area contributed by atoms with Crippen LogP contribution < -0.4 is 0 Å².